The standard InChI is InChI=1S/C24H34BrF3N2O2/c1-32-21-8-9-22(25)19(16-21)15-18-10-13-30(14-11-18)12-2-3-17-4-6-20(7-5-17)29-23(31)24(26,27)28/h8-9,16-18,20H,2-7,10-15H2,1H3,(H,29,31)/t17-,20-. The van der Waals surface area contributed by atoms with E-state index < -0.39 is 12.1 Å². The summed E-state index contributed by atoms with van der Waals surface area (Å²) in [5, 5.41) is 2.14. The number of hydrogen-bond donors (Lipinski definition) is 1. The van der Waals surface area contributed by atoms with Crippen molar-refractivity contribution in [1.29, 1.82) is 0 Å². The van der Waals surface area contributed by atoms with Gasteiger partial charge in [0.15, 0.2) is 0 Å². The fourth-order valence-electron chi connectivity index (χ4n) is 5.03. The average molecular weight is 519 g/mol. The molecule has 0 radical (unpaired) electrons. The fraction of sp³-hybridized carbons (Fsp3) is 0.708. The van der Waals surface area contributed by atoms with E-state index >= 15 is 0 Å². The molecule has 0 spiro atoms. The Morgan fingerprint density at radius 2 is 1.81 bits per heavy atom. The summed E-state index contributed by atoms with van der Waals surface area (Å²) in [6.45, 7) is 3.35. The van der Waals surface area contributed by atoms with Gasteiger partial charge in [-0.1, -0.05) is 15.9 Å². The molecule has 1 aromatic rings. The Bertz CT molecular complexity index is 743. The molecule has 0 bridgehead atoms. The minimum absolute atomic E-state index is 0.330. The maximum Gasteiger partial charge on any atom is 0.471 e. The molecule has 2 fully saturated rings. The number of piperidine rings is 1. The zero-order valence-electron chi connectivity index (χ0n) is 18.7. The number of methoxy groups -OCH3 is 1. The van der Waals surface area contributed by atoms with Crippen molar-refractivity contribution in [3.63, 3.8) is 0 Å². The lowest BCUT2D eigenvalue weighted by Gasteiger charge is -2.33. The van der Waals surface area contributed by atoms with E-state index in [1.165, 1.54) is 18.4 Å². The van der Waals surface area contributed by atoms with Gasteiger partial charge in [0.25, 0.3) is 0 Å². The maximum absolute atomic E-state index is 12.4. The molecule has 32 heavy (non-hydrogen) atoms. The molecule has 1 saturated heterocycles. The Hall–Kier alpha value is -1.28. The van der Waals surface area contributed by atoms with Crippen molar-refractivity contribution in [1.82, 2.24) is 10.2 Å². The lowest BCUT2D eigenvalue weighted by molar-refractivity contribution is -0.174. The predicted molar refractivity (Wildman–Crippen MR) is 123 cm³/mol. The molecule has 1 aliphatic heterocycles. The summed E-state index contributed by atoms with van der Waals surface area (Å²) in [6, 6.07) is 5.83. The van der Waals surface area contributed by atoms with Crippen LogP contribution in [0.1, 0.15) is 56.9 Å². The molecule has 0 unspecified atom stereocenters. The van der Waals surface area contributed by atoms with Gasteiger partial charge in [-0.3, -0.25) is 4.79 Å². The molecule has 3 rings (SSSR count). The molecule has 4 nitrogen and oxygen atoms in total. The molecule has 180 valence electrons. The number of nitrogens with one attached hydrogen (secondary N) is 1. The number of hydrogen-bond acceptors (Lipinski definition) is 3. The van der Waals surface area contributed by atoms with Gasteiger partial charge in [-0.25, -0.2) is 0 Å². The predicted octanol–water partition coefficient (Wildman–Crippen LogP) is 5.73. The van der Waals surface area contributed by atoms with Crippen molar-refractivity contribution >= 4 is 21.8 Å². The Balaban J connectivity index is 1.30. The van der Waals surface area contributed by atoms with Gasteiger partial charge in [0, 0.05) is 10.5 Å². The SMILES string of the molecule is COc1ccc(Br)c(CC2CCN(CCC[C@H]3CC[C@H](NC(=O)C(F)(F)F)CC3)CC2)c1. The van der Waals surface area contributed by atoms with Crippen molar-refractivity contribution in [3.8, 4) is 5.75 Å². The normalized spacial score (nSPS) is 23.2. The number of benzene rings is 1. The molecule has 1 aliphatic carbocycles. The Labute approximate surface area is 197 Å². The quantitative estimate of drug-likeness (QED) is 0.477. The minimum atomic E-state index is -4.78. The Kier molecular flexibility index (Phi) is 9.29. The third-order valence-corrected chi connectivity index (χ3v) is 7.77. The highest BCUT2D eigenvalue weighted by molar-refractivity contribution is 9.10. The summed E-state index contributed by atoms with van der Waals surface area (Å²) in [5.41, 5.74) is 1.31. The molecule has 1 N–H and O–H groups in total. The van der Waals surface area contributed by atoms with Crippen LogP contribution in [0.3, 0.4) is 0 Å². The van der Waals surface area contributed by atoms with E-state index in [0.29, 0.717) is 24.7 Å². The number of ether oxygens (including phenoxy) is 1. The summed E-state index contributed by atoms with van der Waals surface area (Å²) in [6.07, 6.45) is 4.05. The van der Waals surface area contributed by atoms with Crippen LogP contribution in [0.25, 0.3) is 0 Å². The van der Waals surface area contributed by atoms with Crippen LogP contribution in [0.5, 0.6) is 5.75 Å². The van der Waals surface area contributed by atoms with Crippen LogP contribution in [0.2, 0.25) is 0 Å². The third-order valence-electron chi connectivity index (χ3n) is 6.99. The first-order valence-electron chi connectivity index (χ1n) is 11.7. The number of halogens is 4. The zero-order chi connectivity index (χ0) is 23.1. The highest BCUT2D eigenvalue weighted by Gasteiger charge is 2.40. The third kappa shape index (κ3) is 7.65. The van der Waals surface area contributed by atoms with Gasteiger partial charge in [0.2, 0.25) is 0 Å². The van der Waals surface area contributed by atoms with Gasteiger partial charge in [0.1, 0.15) is 5.75 Å². The van der Waals surface area contributed by atoms with Crippen LogP contribution in [-0.2, 0) is 11.2 Å². The van der Waals surface area contributed by atoms with Gasteiger partial charge in [-0.05, 0) is 113 Å². The second-order valence-corrected chi connectivity index (χ2v) is 10.1. The number of likely N-dealkylation sites (tertiary alicyclic amines) is 1. The van der Waals surface area contributed by atoms with Gasteiger partial charge in [0.05, 0.1) is 7.11 Å². The Morgan fingerprint density at radius 1 is 1.12 bits per heavy atom. The van der Waals surface area contributed by atoms with Gasteiger partial charge < -0.3 is 15.0 Å². The first-order valence-corrected chi connectivity index (χ1v) is 12.5. The summed E-state index contributed by atoms with van der Waals surface area (Å²) in [7, 11) is 1.70. The van der Waals surface area contributed by atoms with E-state index in [4.69, 9.17) is 4.74 Å². The summed E-state index contributed by atoms with van der Waals surface area (Å²) in [5.74, 6) is 0.356. The molecule has 0 atom stereocenters. The van der Waals surface area contributed by atoms with Crippen molar-refractivity contribution in [3.05, 3.63) is 28.2 Å². The molecule has 1 aromatic carbocycles. The first kappa shape index (κ1) is 25.3. The second kappa shape index (κ2) is 11.7. The van der Waals surface area contributed by atoms with E-state index in [9.17, 15) is 18.0 Å². The van der Waals surface area contributed by atoms with E-state index in [-0.39, 0.29) is 6.04 Å². The molecular weight excluding hydrogens is 485 g/mol. The molecule has 1 saturated carbocycles. The van der Waals surface area contributed by atoms with Crippen LogP contribution in [0.15, 0.2) is 22.7 Å². The highest BCUT2D eigenvalue weighted by atomic mass is 79.9. The summed E-state index contributed by atoms with van der Waals surface area (Å²) in [4.78, 5) is 13.6. The zero-order valence-corrected chi connectivity index (χ0v) is 20.3. The number of alkyl halides is 3. The van der Waals surface area contributed by atoms with Gasteiger partial charge in [-0.15, -0.1) is 0 Å². The summed E-state index contributed by atoms with van der Waals surface area (Å²) >= 11 is 3.66. The number of nitrogens with zero attached hydrogens (tertiary/aromatic N) is 1. The molecule has 2 aliphatic rings. The second-order valence-electron chi connectivity index (χ2n) is 9.28. The number of amides is 1. The smallest absolute Gasteiger partial charge is 0.471 e. The van der Waals surface area contributed by atoms with Crippen molar-refractivity contribution in [2.45, 2.75) is 70.0 Å². The first-order chi connectivity index (χ1) is 15.2. The molecule has 1 amide bonds. The number of carbonyl (C=O) groups is 1. The van der Waals surface area contributed by atoms with E-state index in [1.54, 1.807) is 7.11 Å². The van der Waals surface area contributed by atoms with Crippen molar-refractivity contribution < 1.29 is 22.7 Å². The lowest BCUT2D eigenvalue weighted by Crippen LogP contribution is -2.44. The van der Waals surface area contributed by atoms with Crippen LogP contribution >= 0.6 is 15.9 Å². The van der Waals surface area contributed by atoms with E-state index in [0.717, 1.165) is 62.0 Å². The highest BCUT2D eigenvalue weighted by Crippen LogP contribution is 2.31. The summed E-state index contributed by atoms with van der Waals surface area (Å²) < 4.78 is 43.6. The number of rotatable bonds is 8. The molecule has 1 heterocycles. The average Bonchev–Trinajstić information content (AvgIpc) is 2.77. The van der Waals surface area contributed by atoms with Crippen molar-refractivity contribution in [2.75, 3.05) is 26.7 Å². The fourth-order valence-corrected chi connectivity index (χ4v) is 5.43. The van der Waals surface area contributed by atoms with Crippen LogP contribution in [-0.4, -0.2) is 49.8 Å². The number of carbonyl (C=O) groups excluding carboxylic acids is 1. The molecule has 8 heteroatoms. The lowest BCUT2D eigenvalue weighted by atomic mass is 9.83. The Morgan fingerprint density at radius 3 is 2.44 bits per heavy atom. The van der Waals surface area contributed by atoms with Crippen LogP contribution in [0.4, 0.5) is 13.2 Å². The minimum Gasteiger partial charge on any atom is -0.497 e. The van der Waals surface area contributed by atoms with Gasteiger partial charge in [-0.2, -0.15) is 13.2 Å². The maximum atomic E-state index is 12.4. The van der Waals surface area contributed by atoms with E-state index in [1.807, 2.05) is 6.07 Å². The van der Waals surface area contributed by atoms with Crippen LogP contribution in [0, 0.1) is 11.8 Å². The van der Waals surface area contributed by atoms with Crippen LogP contribution < -0.4 is 10.1 Å². The van der Waals surface area contributed by atoms with E-state index in [2.05, 4.69) is 38.3 Å². The molecular formula is C24H34BrF3N2O2. The topological polar surface area (TPSA) is 41.6 Å². The molecule has 0 aromatic heterocycles. The monoisotopic (exact) mass is 518 g/mol. The van der Waals surface area contributed by atoms with Gasteiger partial charge >= 0.3 is 12.1 Å². The van der Waals surface area contributed by atoms with Crippen molar-refractivity contribution in [2.24, 2.45) is 11.8 Å². The largest absolute Gasteiger partial charge is 0.497 e.